The second kappa shape index (κ2) is 9.41. The molecular weight excluding hydrogens is 426 g/mol. The highest BCUT2D eigenvalue weighted by molar-refractivity contribution is 5.83. The molecule has 7 heteroatoms. The van der Waals surface area contributed by atoms with Crippen LogP contribution in [0, 0.1) is 5.41 Å². The van der Waals surface area contributed by atoms with E-state index in [1.54, 1.807) is 0 Å². The molecule has 0 saturated heterocycles. The van der Waals surface area contributed by atoms with Crippen molar-refractivity contribution in [3.63, 3.8) is 0 Å². The zero-order chi connectivity index (χ0) is 24.5. The maximum atomic E-state index is 13.5. The van der Waals surface area contributed by atoms with E-state index in [1.807, 2.05) is 53.3 Å². The predicted octanol–water partition coefficient (Wildman–Crippen LogP) is 5.44. The van der Waals surface area contributed by atoms with Crippen LogP contribution in [0.3, 0.4) is 0 Å². The molecule has 1 aromatic heterocycles. The SMILES string of the molecule is C=CC(CC(C)(C)CC)N(C)C(=O)N1CCOc2ccc(-c3ccc4nc(N)[nH]c4c3)cc2C1. The van der Waals surface area contributed by atoms with E-state index in [-0.39, 0.29) is 17.5 Å². The minimum Gasteiger partial charge on any atom is -0.491 e. The number of benzene rings is 2. The van der Waals surface area contributed by atoms with Gasteiger partial charge in [0.15, 0.2) is 5.95 Å². The number of fused-ring (bicyclic) bond motifs is 2. The lowest BCUT2D eigenvalue weighted by Crippen LogP contribution is -2.46. The summed E-state index contributed by atoms with van der Waals surface area (Å²) in [6, 6.07) is 12.1. The summed E-state index contributed by atoms with van der Waals surface area (Å²) >= 11 is 0. The monoisotopic (exact) mass is 461 g/mol. The Morgan fingerprint density at radius 1 is 1.32 bits per heavy atom. The highest BCUT2D eigenvalue weighted by atomic mass is 16.5. The number of nitrogens with one attached hydrogen (secondary N) is 1. The van der Waals surface area contributed by atoms with Gasteiger partial charge in [0.05, 0.1) is 30.2 Å². The van der Waals surface area contributed by atoms with Crippen LogP contribution in [-0.2, 0) is 6.54 Å². The minimum absolute atomic E-state index is 0.00647. The summed E-state index contributed by atoms with van der Waals surface area (Å²) in [5.74, 6) is 1.22. The fourth-order valence-corrected chi connectivity index (χ4v) is 4.40. The molecule has 7 nitrogen and oxygen atoms in total. The van der Waals surface area contributed by atoms with E-state index in [0.717, 1.165) is 46.3 Å². The number of hydrogen-bond acceptors (Lipinski definition) is 4. The van der Waals surface area contributed by atoms with Gasteiger partial charge in [-0.2, -0.15) is 0 Å². The molecule has 0 bridgehead atoms. The van der Waals surface area contributed by atoms with Crippen molar-refractivity contribution < 1.29 is 9.53 Å². The van der Waals surface area contributed by atoms with Crippen LogP contribution in [0.5, 0.6) is 5.75 Å². The van der Waals surface area contributed by atoms with Crippen molar-refractivity contribution in [3.8, 4) is 16.9 Å². The zero-order valence-corrected chi connectivity index (χ0v) is 20.6. The molecule has 3 aromatic rings. The van der Waals surface area contributed by atoms with Gasteiger partial charge in [0, 0.05) is 12.6 Å². The maximum absolute atomic E-state index is 13.5. The summed E-state index contributed by atoms with van der Waals surface area (Å²) in [5.41, 5.74) is 10.8. The molecule has 1 atom stereocenters. The molecule has 2 heterocycles. The predicted molar refractivity (Wildman–Crippen MR) is 138 cm³/mol. The number of likely N-dealkylation sites (N-methyl/N-ethyl adjacent to an activating group) is 1. The van der Waals surface area contributed by atoms with Gasteiger partial charge >= 0.3 is 6.03 Å². The molecule has 0 fully saturated rings. The Morgan fingerprint density at radius 2 is 2.06 bits per heavy atom. The van der Waals surface area contributed by atoms with Gasteiger partial charge in [0.1, 0.15) is 12.4 Å². The van der Waals surface area contributed by atoms with E-state index < -0.39 is 0 Å². The molecule has 0 radical (unpaired) electrons. The Hall–Kier alpha value is -3.48. The van der Waals surface area contributed by atoms with E-state index in [1.165, 1.54) is 0 Å². The quantitative estimate of drug-likeness (QED) is 0.479. The van der Waals surface area contributed by atoms with E-state index in [0.29, 0.717) is 25.6 Å². The number of nitrogen functional groups attached to an aromatic ring is 1. The summed E-state index contributed by atoms with van der Waals surface area (Å²) in [5, 5.41) is 0. The van der Waals surface area contributed by atoms with Crippen LogP contribution in [0.4, 0.5) is 10.7 Å². The topological polar surface area (TPSA) is 87.5 Å². The average molecular weight is 462 g/mol. The Balaban J connectivity index is 1.56. The highest BCUT2D eigenvalue weighted by Gasteiger charge is 2.29. The van der Waals surface area contributed by atoms with Gasteiger partial charge in [0.2, 0.25) is 0 Å². The number of amides is 2. The summed E-state index contributed by atoms with van der Waals surface area (Å²) < 4.78 is 5.99. The average Bonchev–Trinajstić information content (AvgIpc) is 3.07. The maximum Gasteiger partial charge on any atom is 0.320 e. The first-order valence-corrected chi connectivity index (χ1v) is 11.9. The molecule has 0 aliphatic carbocycles. The normalized spacial score (nSPS) is 14.8. The lowest BCUT2D eigenvalue weighted by atomic mass is 9.83. The van der Waals surface area contributed by atoms with Crippen LogP contribution in [-0.4, -0.2) is 52.0 Å². The van der Waals surface area contributed by atoms with E-state index in [9.17, 15) is 4.79 Å². The Morgan fingerprint density at radius 3 is 2.79 bits per heavy atom. The number of nitrogens with two attached hydrogens (primary N) is 1. The van der Waals surface area contributed by atoms with E-state index in [2.05, 4.69) is 43.4 Å². The number of hydrogen-bond donors (Lipinski definition) is 2. The molecule has 34 heavy (non-hydrogen) atoms. The van der Waals surface area contributed by atoms with Crippen molar-refractivity contribution in [3.05, 3.63) is 54.6 Å². The summed E-state index contributed by atoms with van der Waals surface area (Å²) in [6.45, 7) is 12.1. The first kappa shape index (κ1) is 23.7. The molecule has 3 N–H and O–H groups in total. The third kappa shape index (κ3) is 4.88. The lowest BCUT2D eigenvalue weighted by Gasteiger charge is -2.35. The van der Waals surface area contributed by atoms with Crippen LogP contribution in [0.1, 0.15) is 39.2 Å². The first-order valence-electron chi connectivity index (χ1n) is 11.9. The van der Waals surface area contributed by atoms with Gasteiger partial charge in [-0.15, -0.1) is 6.58 Å². The van der Waals surface area contributed by atoms with Crippen molar-refractivity contribution in [2.45, 2.75) is 46.2 Å². The van der Waals surface area contributed by atoms with E-state index >= 15 is 0 Å². The standard InChI is InChI=1S/C27H35N5O2/c1-6-21(16-27(3,4)7-2)31(5)26(33)32-12-13-34-24-11-9-18(14-20(24)17-32)19-8-10-22-23(15-19)30-25(28)29-22/h6,8-11,14-15,21H,1,7,12-13,16-17H2,2-5H3,(H3,28,29,30). The van der Waals surface area contributed by atoms with Crippen molar-refractivity contribution in [1.82, 2.24) is 19.8 Å². The van der Waals surface area contributed by atoms with Crippen molar-refractivity contribution >= 4 is 23.0 Å². The molecule has 1 aliphatic rings. The molecule has 180 valence electrons. The van der Waals surface area contributed by atoms with Crippen molar-refractivity contribution in [2.24, 2.45) is 5.41 Å². The number of H-pyrrole nitrogens is 1. The Kier molecular flexibility index (Phi) is 6.55. The number of rotatable bonds is 6. The summed E-state index contributed by atoms with van der Waals surface area (Å²) in [6.07, 6.45) is 3.80. The van der Waals surface area contributed by atoms with Gasteiger partial charge < -0.3 is 25.3 Å². The van der Waals surface area contributed by atoms with Crippen molar-refractivity contribution in [1.29, 1.82) is 0 Å². The smallest absolute Gasteiger partial charge is 0.320 e. The number of nitrogens with zero attached hydrogens (tertiary/aromatic N) is 3. The van der Waals surface area contributed by atoms with Crippen LogP contribution in [0.25, 0.3) is 22.2 Å². The molecule has 4 rings (SSSR count). The minimum atomic E-state index is -0.0222. The van der Waals surface area contributed by atoms with Crippen LogP contribution >= 0.6 is 0 Å². The molecule has 0 saturated carbocycles. The number of ether oxygens (including phenoxy) is 1. The van der Waals surface area contributed by atoms with Crippen molar-refractivity contribution in [2.75, 3.05) is 25.9 Å². The second-order valence-corrected chi connectivity index (χ2v) is 9.86. The summed E-state index contributed by atoms with van der Waals surface area (Å²) in [4.78, 5) is 24.5. The summed E-state index contributed by atoms with van der Waals surface area (Å²) in [7, 11) is 1.87. The Labute approximate surface area is 201 Å². The number of imidazole rings is 1. The first-order chi connectivity index (χ1) is 16.2. The number of carbonyl (C=O) groups excluding carboxylic acids is 1. The number of carbonyl (C=O) groups is 1. The highest BCUT2D eigenvalue weighted by Crippen LogP contribution is 2.32. The fourth-order valence-electron chi connectivity index (χ4n) is 4.40. The largest absolute Gasteiger partial charge is 0.491 e. The van der Waals surface area contributed by atoms with Gasteiger partial charge in [-0.1, -0.05) is 45.4 Å². The third-order valence-electron chi connectivity index (χ3n) is 6.93. The fraction of sp³-hybridized carbons (Fsp3) is 0.407. The molecule has 2 aromatic carbocycles. The zero-order valence-electron chi connectivity index (χ0n) is 20.6. The Bertz CT molecular complexity index is 1200. The number of aromatic nitrogens is 2. The van der Waals surface area contributed by atoms with Crippen LogP contribution in [0.2, 0.25) is 0 Å². The van der Waals surface area contributed by atoms with Gasteiger partial charge in [-0.05, 0) is 47.2 Å². The molecule has 1 aliphatic heterocycles. The van der Waals surface area contributed by atoms with Gasteiger partial charge in [0.25, 0.3) is 0 Å². The molecular formula is C27H35N5O2. The number of aromatic amines is 1. The van der Waals surface area contributed by atoms with Crippen LogP contribution < -0.4 is 10.5 Å². The number of urea groups is 1. The lowest BCUT2D eigenvalue weighted by molar-refractivity contribution is 0.134. The molecule has 0 spiro atoms. The van der Waals surface area contributed by atoms with Gasteiger partial charge in [-0.25, -0.2) is 9.78 Å². The molecule has 1 unspecified atom stereocenters. The number of anilines is 1. The van der Waals surface area contributed by atoms with E-state index in [4.69, 9.17) is 10.5 Å². The third-order valence-corrected chi connectivity index (χ3v) is 6.93. The van der Waals surface area contributed by atoms with Crippen LogP contribution in [0.15, 0.2) is 49.1 Å². The van der Waals surface area contributed by atoms with Gasteiger partial charge in [-0.3, -0.25) is 0 Å². The molecule has 2 amide bonds. The second-order valence-electron chi connectivity index (χ2n) is 9.86.